The van der Waals surface area contributed by atoms with Crippen LogP contribution >= 0.6 is 0 Å². The predicted molar refractivity (Wildman–Crippen MR) is 71.3 cm³/mol. The van der Waals surface area contributed by atoms with E-state index in [9.17, 15) is 0 Å². The van der Waals surface area contributed by atoms with E-state index in [1.54, 1.807) is 0 Å². The fourth-order valence-electron chi connectivity index (χ4n) is 2.44. The second kappa shape index (κ2) is 6.18. The van der Waals surface area contributed by atoms with Crippen LogP contribution in [0.5, 0.6) is 0 Å². The van der Waals surface area contributed by atoms with Crippen molar-refractivity contribution in [2.45, 2.75) is 44.6 Å². The van der Waals surface area contributed by atoms with Crippen molar-refractivity contribution in [3.05, 3.63) is 35.4 Å². The molecule has 0 spiro atoms. The lowest BCUT2D eigenvalue weighted by atomic mass is 9.76. The molecule has 17 heavy (non-hydrogen) atoms. The summed E-state index contributed by atoms with van der Waals surface area (Å²) in [7, 11) is 0. The molecule has 0 aliphatic heterocycles. The maximum absolute atomic E-state index is 8.69. The van der Waals surface area contributed by atoms with Crippen LogP contribution in [0.2, 0.25) is 0 Å². The summed E-state index contributed by atoms with van der Waals surface area (Å²) in [5.41, 5.74) is 2.83. The molecule has 1 aromatic rings. The van der Waals surface area contributed by atoms with E-state index in [1.165, 1.54) is 24.0 Å². The zero-order valence-electron chi connectivity index (χ0n) is 10.7. The third kappa shape index (κ3) is 3.55. The summed E-state index contributed by atoms with van der Waals surface area (Å²) in [6.07, 6.45) is 4.54. The number of unbranched alkanes of at least 4 members (excludes halogenated alkanes) is 1. The smallest absolute Gasteiger partial charge is 0.0431 e. The molecule has 2 rings (SSSR count). The van der Waals surface area contributed by atoms with Crippen LogP contribution in [0.1, 0.15) is 42.7 Å². The average Bonchev–Trinajstić information content (AvgIpc) is 2.28. The van der Waals surface area contributed by atoms with Crippen molar-refractivity contribution in [1.82, 2.24) is 5.32 Å². The van der Waals surface area contributed by atoms with Crippen LogP contribution in [0.3, 0.4) is 0 Å². The van der Waals surface area contributed by atoms with E-state index >= 15 is 0 Å². The molecular weight excluding hydrogens is 210 g/mol. The Morgan fingerprint density at radius 1 is 1.18 bits per heavy atom. The predicted octanol–water partition coefficient (Wildman–Crippen LogP) is 2.60. The highest BCUT2D eigenvalue weighted by Crippen LogP contribution is 2.36. The number of nitrogens with one attached hydrogen (secondary N) is 1. The maximum atomic E-state index is 8.69. The van der Waals surface area contributed by atoms with Gasteiger partial charge in [-0.25, -0.2) is 0 Å². The lowest BCUT2D eigenvalue weighted by Crippen LogP contribution is -2.40. The molecule has 1 aliphatic rings. The molecule has 0 heterocycles. The first-order valence-electron chi connectivity index (χ1n) is 6.70. The van der Waals surface area contributed by atoms with E-state index < -0.39 is 0 Å². The summed E-state index contributed by atoms with van der Waals surface area (Å²) in [4.78, 5) is 0. The lowest BCUT2D eigenvalue weighted by Gasteiger charge is -2.36. The van der Waals surface area contributed by atoms with Crippen LogP contribution in [0, 0.1) is 6.92 Å². The number of rotatable bonds is 6. The Bertz CT molecular complexity index is 327. The minimum atomic E-state index is 0.318. The molecule has 0 bridgehead atoms. The molecule has 2 heteroatoms. The zero-order chi connectivity index (χ0) is 12.1. The molecule has 0 atom stereocenters. The first-order valence-corrected chi connectivity index (χ1v) is 6.70. The highest BCUT2D eigenvalue weighted by atomic mass is 16.2. The van der Waals surface area contributed by atoms with E-state index in [0.717, 1.165) is 25.3 Å². The second-order valence-electron chi connectivity index (χ2n) is 5.16. The molecular formula is C15H23NO. The van der Waals surface area contributed by atoms with Gasteiger partial charge in [0, 0.05) is 12.6 Å². The van der Waals surface area contributed by atoms with Gasteiger partial charge < -0.3 is 10.4 Å². The van der Waals surface area contributed by atoms with Crippen LogP contribution in [-0.4, -0.2) is 24.3 Å². The topological polar surface area (TPSA) is 32.3 Å². The Morgan fingerprint density at radius 2 is 1.88 bits per heavy atom. The van der Waals surface area contributed by atoms with Gasteiger partial charge in [-0.2, -0.15) is 0 Å². The average molecular weight is 233 g/mol. The largest absolute Gasteiger partial charge is 0.396 e. The Balaban J connectivity index is 1.66. The molecule has 0 aromatic heterocycles. The molecule has 1 saturated carbocycles. The first kappa shape index (κ1) is 12.6. The quantitative estimate of drug-likeness (QED) is 0.740. The van der Waals surface area contributed by atoms with Crippen LogP contribution in [0.4, 0.5) is 0 Å². The Hall–Kier alpha value is -0.860. The molecule has 2 N–H and O–H groups in total. The highest BCUT2D eigenvalue weighted by Gasteiger charge is 2.29. The maximum Gasteiger partial charge on any atom is 0.0431 e. The first-order chi connectivity index (χ1) is 8.29. The molecule has 1 aromatic carbocycles. The summed E-state index contributed by atoms with van der Waals surface area (Å²) >= 11 is 0. The minimum absolute atomic E-state index is 0.318. The highest BCUT2D eigenvalue weighted by molar-refractivity contribution is 5.26. The summed E-state index contributed by atoms with van der Waals surface area (Å²) in [6, 6.07) is 9.64. The van der Waals surface area contributed by atoms with E-state index in [2.05, 4.69) is 36.5 Å². The second-order valence-corrected chi connectivity index (χ2v) is 5.16. The number of hydrogen-bond acceptors (Lipinski definition) is 2. The van der Waals surface area contributed by atoms with Crippen molar-refractivity contribution in [2.24, 2.45) is 0 Å². The van der Waals surface area contributed by atoms with Crippen LogP contribution in [-0.2, 0) is 0 Å². The summed E-state index contributed by atoms with van der Waals surface area (Å²) < 4.78 is 0. The Kier molecular flexibility index (Phi) is 4.57. The summed E-state index contributed by atoms with van der Waals surface area (Å²) in [5, 5.41) is 12.2. The molecule has 0 amide bonds. The van der Waals surface area contributed by atoms with Gasteiger partial charge in [-0.15, -0.1) is 0 Å². The Morgan fingerprint density at radius 3 is 2.53 bits per heavy atom. The van der Waals surface area contributed by atoms with Gasteiger partial charge in [0.1, 0.15) is 0 Å². The van der Waals surface area contributed by atoms with Crippen molar-refractivity contribution in [1.29, 1.82) is 0 Å². The van der Waals surface area contributed by atoms with Gasteiger partial charge in [-0.1, -0.05) is 29.8 Å². The van der Waals surface area contributed by atoms with E-state index in [4.69, 9.17) is 5.11 Å². The van der Waals surface area contributed by atoms with Crippen LogP contribution in [0.25, 0.3) is 0 Å². The van der Waals surface area contributed by atoms with Gasteiger partial charge in [-0.3, -0.25) is 0 Å². The van der Waals surface area contributed by atoms with Gasteiger partial charge in [0.15, 0.2) is 0 Å². The van der Waals surface area contributed by atoms with Gasteiger partial charge in [0.2, 0.25) is 0 Å². The van der Waals surface area contributed by atoms with E-state index in [0.29, 0.717) is 12.6 Å². The summed E-state index contributed by atoms with van der Waals surface area (Å²) in [5.74, 6) is 0.756. The molecule has 94 valence electrons. The van der Waals surface area contributed by atoms with Gasteiger partial charge in [-0.05, 0) is 50.6 Å². The fraction of sp³-hybridized carbons (Fsp3) is 0.600. The SMILES string of the molecule is Cc1ccc(C2CC(NCCCCO)C2)cc1. The van der Waals surface area contributed by atoms with E-state index in [-0.39, 0.29) is 0 Å². The molecule has 2 nitrogen and oxygen atoms in total. The molecule has 0 unspecified atom stereocenters. The normalized spacial score (nSPS) is 23.4. The standard InChI is InChI=1S/C15H23NO/c1-12-4-6-13(7-5-12)14-10-15(11-14)16-8-2-3-9-17/h4-7,14-17H,2-3,8-11H2,1H3. The van der Waals surface area contributed by atoms with Crippen molar-refractivity contribution in [3.63, 3.8) is 0 Å². The van der Waals surface area contributed by atoms with Crippen molar-refractivity contribution >= 4 is 0 Å². The molecule has 0 radical (unpaired) electrons. The number of aliphatic hydroxyl groups is 1. The van der Waals surface area contributed by atoms with E-state index in [1.807, 2.05) is 0 Å². The summed E-state index contributed by atoms with van der Waals surface area (Å²) in [6.45, 7) is 3.50. The Labute approximate surface area is 104 Å². The van der Waals surface area contributed by atoms with Crippen molar-refractivity contribution in [2.75, 3.05) is 13.2 Å². The zero-order valence-corrected chi connectivity index (χ0v) is 10.7. The van der Waals surface area contributed by atoms with Gasteiger partial charge >= 0.3 is 0 Å². The lowest BCUT2D eigenvalue weighted by molar-refractivity contribution is 0.267. The number of benzene rings is 1. The minimum Gasteiger partial charge on any atom is -0.396 e. The monoisotopic (exact) mass is 233 g/mol. The molecule has 1 aliphatic carbocycles. The molecule has 1 fully saturated rings. The third-order valence-corrected chi connectivity index (χ3v) is 3.70. The number of hydrogen-bond donors (Lipinski definition) is 2. The van der Waals surface area contributed by atoms with Crippen molar-refractivity contribution in [3.8, 4) is 0 Å². The van der Waals surface area contributed by atoms with Gasteiger partial charge in [0.25, 0.3) is 0 Å². The fourth-order valence-corrected chi connectivity index (χ4v) is 2.44. The number of aliphatic hydroxyl groups excluding tert-OH is 1. The number of aryl methyl sites for hydroxylation is 1. The van der Waals surface area contributed by atoms with Crippen LogP contribution < -0.4 is 5.32 Å². The molecule has 0 saturated heterocycles. The van der Waals surface area contributed by atoms with Gasteiger partial charge in [0.05, 0.1) is 0 Å². The van der Waals surface area contributed by atoms with Crippen molar-refractivity contribution < 1.29 is 5.11 Å². The third-order valence-electron chi connectivity index (χ3n) is 3.70. The van der Waals surface area contributed by atoms with Crippen LogP contribution in [0.15, 0.2) is 24.3 Å².